The van der Waals surface area contributed by atoms with Crippen molar-refractivity contribution >= 4 is 33.2 Å². The molecule has 0 aliphatic rings. The summed E-state index contributed by atoms with van der Waals surface area (Å²) in [6, 6.07) is 8.13. The molecular weight excluding hydrogens is 305 g/mol. The minimum absolute atomic E-state index is 0.0518. The first-order chi connectivity index (χ1) is 8.16. The first-order valence-corrected chi connectivity index (χ1v) is 6.60. The Morgan fingerprint density at radius 2 is 2.24 bits per heavy atom. The van der Waals surface area contributed by atoms with Gasteiger partial charge in [0.15, 0.2) is 0 Å². The maximum atomic E-state index is 13.4. The monoisotopic (exact) mass is 313 g/mol. The molecule has 1 aromatic heterocycles. The smallest absolute Gasteiger partial charge is 0.254 e. The van der Waals surface area contributed by atoms with Crippen LogP contribution < -0.4 is 5.32 Å². The highest BCUT2D eigenvalue weighted by atomic mass is 79.9. The lowest BCUT2D eigenvalue weighted by atomic mass is 10.2. The molecule has 0 fully saturated rings. The van der Waals surface area contributed by atoms with E-state index in [-0.39, 0.29) is 5.56 Å². The molecule has 1 heterocycles. The summed E-state index contributed by atoms with van der Waals surface area (Å²) in [7, 11) is 0. The van der Waals surface area contributed by atoms with Crippen LogP contribution in [-0.4, -0.2) is 5.91 Å². The van der Waals surface area contributed by atoms with Gasteiger partial charge in [0.2, 0.25) is 0 Å². The van der Waals surface area contributed by atoms with Gasteiger partial charge in [0.1, 0.15) is 5.82 Å². The molecule has 17 heavy (non-hydrogen) atoms. The average molecular weight is 314 g/mol. The van der Waals surface area contributed by atoms with Crippen molar-refractivity contribution in [2.45, 2.75) is 6.54 Å². The Morgan fingerprint density at radius 1 is 1.41 bits per heavy atom. The average Bonchev–Trinajstić information content (AvgIpc) is 2.82. The summed E-state index contributed by atoms with van der Waals surface area (Å²) in [5.41, 5.74) is 0.0518. The predicted octanol–water partition coefficient (Wildman–Crippen LogP) is 3.58. The number of hydrogen-bond acceptors (Lipinski definition) is 2. The summed E-state index contributed by atoms with van der Waals surface area (Å²) in [5, 5.41) is 4.61. The highest BCUT2D eigenvalue weighted by Crippen LogP contribution is 2.16. The van der Waals surface area contributed by atoms with Gasteiger partial charge in [0.05, 0.1) is 12.1 Å². The zero-order chi connectivity index (χ0) is 12.3. The number of amides is 1. The van der Waals surface area contributed by atoms with Crippen molar-refractivity contribution in [2.75, 3.05) is 0 Å². The van der Waals surface area contributed by atoms with Crippen molar-refractivity contribution < 1.29 is 9.18 Å². The van der Waals surface area contributed by atoms with E-state index in [1.54, 1.807) is 17.4 Å². The van der Waals surface area contributed by atoms with E-state index < -0.39 is 11.7 Å². The van der Waals surface area contributed by atoms with Crippen molar-refractivity contribution in [2.24, 2.45) is 0 Å². The molecule has 0 radical (unpaired) electrons. The van der Waals surface area contributed by atoms with E-state index >= 15 is 0 Å². The highest BCUT2D eigenvalue weighted by Gasteiger charge is 2.11. The fourth-order valence-corrected chi connectivity index (χ4v) is 2.35. The Morgan fingerprint density at radius 3 is 2.94 bits per heavy atom. The summed E-state index contributed by atoms with van der Waals surface area (Å²) < 4.78 is 14.1. The molecule has 2 rings (SSSR count). The van der Waals surface area contributed by atoms with Crippen LogP contribution in [0.2, 0.25) is 0 Å². The zero-order valence-corrected chi connectivity index (χ0v) is 11.1. The van der Waals surface area contributed by atoms with E-state index in [1.165, 1.54) is 12.1 Å². The molecular formula is C12H9BrFNOS. The van der Waals surface area contributed by atoms with Crippen LogP contribution in [0.3, 0.4) is 0 Å². The van der Waals surface area contributed by atoms with Crippen molar-refractivity contribution in [1.29, 1.82) is 0 Å². The molecule has 5 heteroatoms. The largest absolute Gasteiger partial charge is 0.347 e. The lowest BCUT2D eigenvalue weighted by Crippen LogP contribution is -2.23. The van der Waals surface area contributed by atoms with Gasteiger partial charge in [0, 0.05) is 9.35 Å². The van der Waals surface area contributed by atoms with Gasteiger partial charge in [-0.2, -0.15) is 0 Å². The molecule has 88 valence electrons. The number of rotatable bonds is 3. The molecule has 1 N–H and O–H groups in total. The van der Waals surface area contributed by atoms with Crippen molar-refractivity contribution in [3.05, 3.63) is 56.4 Å². The second-order valence-electron chi connectivity index (χ2n) is 3.39. The molecule has 1 aromatic carbocycles. The van der Waals surface area contributed by atoms with Crippen LogP contribution in [0.4, 0.5) is 4.39 Å². The van der Waals surface area contributed by atoms with Gasteiger partial charge in [-0.25, -0.2) is 4.39 Å². The van der Waals surface area contributed by atoms with E-state index in [2.05, 4.69) is 21.2 Å². The normalized spacial score (nSPS) is 10.2. The van der Waals surface area contributed by atoms with Crippen LogP contribution in [0, 0.1) is 5.82 Å². The third-order valence-electron chi connectivity index (χ3n) is 2.18. The van der Waals surface area contributed by atoms with Crippen molar-refractivity contribution in [1.82, 2.24) is 5.32 Å². The number of thiophene rings is 1. The number of carbonyl (C=O) groups excluding carboxylic acids is 1. The van der Waals surface area contributed by atoms with Gasteiger partial charge in [-0.05, 0) is 29.6 Å². The van der Waals surface area contributed by atoms with E-state index in [1.807, 2.05) is 17.5 Å². The van der Waals surface area contributed by atoms with Crippen LogP contribution in [0.5, 0.6) is 0 Å². The second-order valence-corrected chi connectivity index (χ2v) is 5.33. The molecule has 0 atom stereocenters. The fourth-order valence-electron chi connectivity index (χ4n) is 1.35. The topological polar surface area (TPSA) is 29.1 Å². The molecule has 0 spiro atoms. The summed E-state index contributed by atoms with van der Waals surface area (Å²) in [6.45, 7) is 0.419. The number of halogens is 2. The number of carbonyl (C=O) groups is 1. The minimum atomic E-state index is -0.517. The van der Waals surface area contributed by atoms with Gasteiger partial charge in [0.25, 0.3) is 5.91 Å². The first-order valence-electron chi connectivity index (χ1n) is 4.92. The Bertz CT molecular complexity index is 527. The zero-order valence-electron chi connectivity index (χ0n) is 8.74. The fraction of sp³-hybridized carbons (Fsp3) is 0.0833. The first kappa shape index (κ1) is 12.3. The van der Waals surface area contributed by atoms with E-state index in [0.717, 1.165) is 4.88 Å². The molecule has 2 aromatic rings. The minimum Gasteiger partial charge on any atom is -0.347 e. The Hall–Kier alpha value is -1.20. The van der Waals surface area contributed by atoms with Crippen LogP contribution in [0.25, 0.3) is 0 Å². The highest BCUT2D eigenvalue weighted by molar-refractivity contribution is 9.10. The van der Waals surface area contributed by atoms with Gasteiger partial charge in [-0.15, -0.1) is 11.3 Å². The van der Waals surface area contributed by atoms with Crippen molar-refractivity contribution in [3.8, 4) is 0 Å². The molecule has 0 bridgehead atoms. The maximum absolute atomic E-state index is 13.4. The summed E-state index contributed by atoms with van der Waals surface area (Å²) in [6.07, 6.45) is 0. The van der Waals surface area contributed by atoms with Gasteiger partial charge < -0.3 is 5.32 Å². The lowest BCUT2D eigenvalue weighted by Gasteiger charge is -2.05. The Kier molecular flexibility index (Phi) is 3.91. The summed E-state index contributed by atoms with van der Waals surface area (Å²) in [5.74, 6) is -0.922. The second kappa shape index (κ2) is 5.42. The van der Waals surface area contributed by atoms with Gasteiger partial charge in [-0.3, -0.25) is 4.79 Å². The summed E-state index contributed by atoms with van der Waals surface area (Å²) in [4.78, 5) is 12.8. The maximum Gasteiger partial charge on any atom is 0.254 e. The van der Waals surface area contributed by atoms with Crippen LogP contribution in [0.1, 0.15) is 15.2 Å². The van der Waals surface area contributed by atoms with Gasteiger partial charge in [-0.1, -0.05) is 22.0 Å². The standard InChI is InChI=1S/C12H9BrFNOS/c13-8-3-4-11(14)10(6-8)12(16)15-7-9-2-1-5-17-9/h1-6H,7H2,(H,15,16). The third-order valence-corrected chi connectivity index (χ3v) is 3.55. The van der Waals surface area contributed by atoms with Gasteiger partial charge >= 0.3 is 0 Å². The number of nitrogens with one attached hydrogen (secondary N) is 1. The molecule has 1 amide bonds. The predicted molar refractivity (Wildman–Crippen MR) is 69.6 cm³/mol. The van der Waals surface area contributed by atoms with E-state index in [4.69, 9.17) is 0 Å². The molecule has 0 aliphatic carbocycles. The third kappa shape index (κ3) is 3.14. The molecule has 0 unspecified atom stereocenters. The van der Waals surface area contributed by atoms with E-state index in [9.17, 15) is 9.18 Å². The summed E-state index contributed by atoms with van der Waals surface area (Å²) >= 11 is 4.76. The molecule has 0 saturated heterocycles. The molecule has 2 nitrogen and oxygen atoms in total. The molecule has 0 saturated carbocycles. The van der Waals surface area contributed by atoms with Crippen LogP contribution >= 0.6 is 27.3 Å². The van der Waals surface area contributed by atoms with E-state index in [0.29, 0.717) is 11.0 Å². The lowest BCUT2D eigenvalue weighted by molar-refractivity contribution is 0.0947. The SMILES string of the molecule is O=C(NCc1cccs1)c1cc(Br)ccc1F. The Balaban J connectivity index is 2.07. The van der Waals surface area contributed by atoms with Crippen LogP contribution in [-0.2, 0) is 6.54 Å². The number of hydrogen-bond donors (Lipinski definition) is 1. The Labute approximate surface area is 111 Å². The van der Waals surface area contributed by atoms with Crippen molar-refractivity contribution in [3.63, 3.8) is 0 Å². The number of benzene rings is 1. The molecule has 0 aliphatic heterocycles. The quantitative estimate of drug-likeness (QED) is 0.922. The van der Waals surface area contributed by atoms with Crippen LogP contribution in [0.15, 0.2) is 40.2 Å².